The van der Waals surface area contributed by atoms with E-state index in [1.807, 2.05) is 0 Å². The molecular weight excluding hydrogens is 337 g/mol. The second-order valence-corrected chi connectivity index (χ2v) is 7.67. The van der Waals surface area contributed by atoms with Crippen molar-refractivity contribution >= 4 is 44.6 Å². The molecule has 1 aliphatic heterocycles. The Morgan fingerprint density at radius 3 is 2.67 bits per heavy atom. The molecule has 1 saturated heterocycles. The summed E-state index contributed by atoms with van der Waals surface area (Å²) in [6, 6.07) is 4.44. The Labute approximate surface area is 133 Å². The summed E-state index contributed by atoms with van der Waals surface area (Å²) >= 11 is 11.8. The lowest BCUT2D eigenvalue weighted by atomic mass is 10.1. The highest BCUT2D eigenvalue weighted by Crippen LogP contribution is 2.33. The van der Waals surface area contributed by atoms with Gasteiger partial charge in [-0.1, -0.05) is 11.6 Å². The number of anilines is 1. The van der Waals surface area contributed by atoms with E-state index in [-0.39, 0.29) is 23.3 Å². The molecule has 2 rings (SSSR count). The van der Waals surface area contributed by atoms with Gasteiger partial charge in [-0.15, -0.1) is 11.6 Å². The molecule has 1 aliphatic rings. The SMILES string of the molecule is COc1ccc(N(C(=O)CCl)[C@H]2CCS(=O)(=O)C2)c(Cl)c1. The van der Waals surface area contributed by atoms with Gasteiger partial charge in [0.25, 0.3) is 0 Å². The topological polar surface area (TPSA) is 63.7 Å². The van der Waals surface area contributed by atoms with E-state index in [4.69, 9.17) is 27.9 Å². The molecule has 1 amide bonds. The van der Waals surface area contributed by atoms with Gasteiger partial charge in [0.2, 0.25) is 5.91 Å². The third-order valence-corrected chi connectivity index (χ3v) is 5.65. The van der Waals surface area contributed by atoms with Gasteiger partial charge in [-0.25, -0.2) is 8.42 Å². The number of amides is 1. The molecule has 1 heterocycles. The van der Waals surface area contributed by atoms with Gasteiger partial charge in [0.15, 0.2) is 9.84 Å². The lowest BCUT2D eigenvalue weighted by Gasteiger charge is -2.28. The van der Waals surface area contributed by atoms with Crippen LogP contribution in [0.2, 0.25) is 5.02 Å². The Hall–Kier alpha value is -0.980. The number of methoxy groups -OCH3 is 1. The van der Waals surface area contributed by atoms with E-state index in [9.17, 15) is 13.2 Å². The van der Waals surface area contributed by atoms with Crippen LogP contribution in [0.3, 0.4) is 0 Å². The van der Waals surface area contributed by atoms with Gasteiger partial charge >= 0.3 is 0 Å². The van der Waals surface area contributed by atoms with Crippen LogP contribution >= 0.6 is 23.2 Å². The third kappa shape index (κ3) is 3.62. The first-order valence-electron chi connectivity index (χ1n) is 6.30. The number of carbonyl (C=O) groups excluding carboxylic acids is 1. The molecule has 5 nitrogen and oxygen atoms in total. The summed E-state index contributed by atoms with van der Waals surface area (Å²) in [5.41, 5.74) is 0.449. The molecule has 0 aliphatic carbocycles. The lowest BCUT2D eigenvalue weighted by Crippen LogP contribution is -2.42. The summed E-state index contributed by atoms with van der Waals surface area (Å²) in [6.45, 7) is 0. The zero-order chi connectivity index (χ0) is 15.6. The molecule has 0 unspecified atom stereocenters. The minimum atomic E-state index is -3.12. The first kappa shape index (κ1) is 16.4. The fourth-order valence-corrected chi connectivity index (χ4v) is 4.48. The molecular formula is C13H15Cl2NO4S. The van der Waals surface area contributed by atoms with Crippen molar-refractivity contribution in [2.24, 2.45) is 0 Å². The Morgan fingerprint density at radius 2 is 2.19 bits per heavy atom. The van der Waals surface area contributed by atoms with Gasteiger partial charge < -0.3 is 9.64 Å². The maximum atomic E-state index is 12.1. The first-order valence-corrected chi connectivity index (χ1v) is 9.03. The highest BCUT2D eigenvalue weighted by atomic mass is 35.5. The number of halogens is 2. The van der Waals surface area contributed by atoms with Crippen LogP contribution in [0.4, 0.5) is 5.69 Å². The van der Waals surface area contributed by atoms with Crippen LogP contribution in [0.25, 0.3) is 0 Å². The van der Waals surface area contributed by atoms with Gasteiger partial charge in [-0.3, -0.25) is 4.79 Å². The number of sulfone groups is 1. The van der Waals surface area contributed by atoms with Gasteiger partial charge in [0.1, 0.15) is 11.6 Å². The molecule has 116 valence electrons. The molecule has 1 aromatic rings. The van der Waals surface area contributed by atoms with Crippen LogP contribution < -0.4 is 9.64 Å². The number of nitrogens with zero attached hydrogens (tertiary/aromatic N) is 1. The van der Waals surface area contributed by atoms with Crippen molar-refractivity contribution in [1.82, 2.24) is 0 Å². The molecule has 21 heavy (non-hydrogen) atoms. The van der Waals surface area contributed by atoms with Crippen molar-refractivity contribution in [2.45, 2.75) is 12.5 Å². The predicted molar refractivity (Wildman–Crippen MR) is 83.3 cm³/mol. The van der Waals surface area contributed by atoms with E-state index in [0.717, 1.165) is 0 Å². The summed E-state index contributed by atoms with van der Waals surface area (Å²) in [5.74, 6) is -0.0547. The van der Waals surface area contributed by atoms with Crippen LogP contribution in [0.1, 0.15) is 6.42 Å². The molecule has 0 aromatic heterocycles. The second kappa shape index (κ2) is 6.42. The zero-order valence-corrected chi connectivity index (χ0v) is 13.7. The van der Waals surface area contributed by atoms with E-state index in [1.54, 1.807) is 18.2 Å². The number of hydrogen-bond acceptors (Lipinski definition) is 4. The smallest absolute Gasteiger partial charge is 0.242 e. The van der Waals surface area contributed by atoms with E-state index in [2.05, 4.69) is 0 Å². The Bertz CT molecular complexity index is 648. The number of benzene rings is 1. The van der Waals surface area contributed by atoms with Crippen molar-refractivity contribution in [1.29, 1.82) is 0 Å². The molecule has 1 fully saturated rings. The minimum absolute atomic E-state index is 0.0670. The molecule has 0 bridgehead atoms. The van der Waals surface area contributed by atoms with Crippen LogP contribution in [-0.4, -0.2) is 44.9 Å². The Kier molecular flexibility index (Phi) is 5.01. The molecule has 0 N–H and O–H groups in total. The van der Waals surface area contributed by atoms with E-state index < -0.39 is 15.9 Å². The average molecular weight is 352 g/mol. The highest BCUT2D eigenvalue weighted by Gasteiger charge is 2.36. The van der Waals surface area contributed by atoms with Crippen LogP contribution in [-0.2, 0) is 14.6 Å². The third-order valence-electron chi connectivity index (χ3n) is 3.37. The summed E-state index contributed by atoms with van der Waals surface area (Å²) in [7, 11) is -1.61. The van der Waals surface area contributed by atoms with E-state index in [0.29, 0.717) is 22.9 Å². The quantitative estimate of drug-likeness (QED) is 0.779. The number of carbonyl (C=O) groups is 1. The van der Waals surface area contributed by atoms with Gasteiger partial charge in [0, 0.05) is 6.07 Å². The van der Waals surface area contributed by atoms with Crippen LogP contribution in [0, 0.1) is 0 Å². The van der Waals surface area contributed by atoms with E-state index in [1.165, 1.54) is 12.0 Å². The van der Waals surface area contributed by atoms with Crippen molar-refractivity contribution in [2.75, 3.05) is 29.4 Å². The molecule has 1 atom stereocenters. The maximum Gasteiger partial charge on any atom is 0.242 e. The predicted octanol–water partition coefficient (Wildman–Crippen LogP) is 2.11. The van der Waals surface area contributed by atoms with Gasteiger partial charge in [0.05, 0.1) is 35.4 Å². The number of rotatable bonds is 4. The maximum absolute atomic E-state index is 12.1. The average Bonchev–Trinajstić information content (AvgIpc) is 2.80. The summed E-state index contributed by atoms with van der Waals surface area (Å²) in [6.07, 6.45) is 0.382. The minimum Gasteiger partial charge on any atom is -0.497 e. The fraction of sp³-hybridized carbons (Fsp3) is 0.462. The van der Waals surface area contributed by atoms with E-state index >= 15 is 0 Å². The molecule has 0 spiro atoms. The number of ether oxygens (including phenoxy) is 1. The molecule has 8 heteroatoms. The fourth-order valence-electron chi connectivity index (χ4n) is 2.39. The Balaban J connectivity index is 2.39. The van der Waals surface area contributed by atoms with Gasteiger partial charge in [-0.05, 0) is 18.6 Å². The van der Waals surface area contributed by atoms with Crippen molar-refractivity contribution < 1.29 is 17.9 Å². The zero-order valence-electron chi connectivity index (χ0n) is 11.4. The highest BCUT2D eigenvalue weighted by molar-refractivity contribution is 7.91. The summed E-state index contributed by atoms with van der Waals surface area (Å²) in [4.78, 5) is 13.5. The molecule has 0 saturated carbocycles. The van der Waals surface area contributed by atoms with Crippen molar-refractivity contribution in [3.05, 3.63) is 23.2 Å². The number of hydrogen-bond donors (Lipinski definition) is 0. The molecule has 1 aromatic carbocycles. The van der Waals surface area contributed by atoms with Crippen molar-refractivity contribution in [3.8, 4) is 5.75 Å². The van der Waals surface area contributed by atoms with Gasteiger partial charge in [-0.2, -0.15) is 0 Å². The first-order chi connectivity index (χ1) is 9.88. The summed E-state index contributed by atoms with van der Waals surface area (Å²) < 4.78 is 28.4. The lowest BCUT2D eigenvalue weighted by molar-refractivity contribution is -0.116. The van der Waals surface area contributed by atoms with Crippen LogP contribution in [0.5, 0.6) is 5.75 Å². The normalized spacial score (nSPS) is 20.2. The number of alkyl halides is 1. The second-order valence-electron chi connectivity index (χ2n) is 4.77. The molecule has 0 radical (unpaired) electrons. The summed E-state index contributed by atoms with van der Waals surface area (Å²) in [5, 5.41) is 0.317. The monoisotopic (exact) mass is 351 g/mol. The van der Waals surface area contributed by atoms with Crippen molar-refractivity contribution in [3.63, 3.8) is 0 Å². The van der Waals surface area contributed by atoms with Crippen LogP contribution in [0.15, 0.2) is 18.2 Å². The Morgan fingerprint density at radius 1 is 1.48 bits per heavy atom. The standard InChI is InChI=1S/C13H15Cl2NO4S/c1-20-10-2-3-12(11(15)6-10)16(13(17)7-14)9-4-5-21(18,19)8-9/h2-3,6,9H,4-5,7-8H2,1H3/t9-/m0/s1. The largest absolute Gasteiger partial charge is 0.497 e.